The highest BCUT2D eigenvalue weighted by Crippen LogP contribution is 2.28. The molecule has 3 N–H and O–H groups in total. The first-order chi connectivity index (χ1) is 7.09. The lowest BCUT2D eigenvalue weighted by molar-refractivity contribution is -0.137. The Morgan fingerprint density at radius 2 is 2.27 bits per heavy atom. The first-order valence-corrected chi connectivity index (χ1v) is 6.01. The number of aliphatic carboxylic acids is 1. The Bertz CT molecular complexity index is 327. The topological polar surface area (TPSA) is 63.3 Å². The molecule has 0 spiro atoms. The van der Waals surface area contributed by atoms with Crippen LogP contribution in [0.15, 0.2) is 12.1 Å². The molecule has 0 saturated heterocycles. The summed E-state index contributed by atoms with van der Waals surface area (Å²) in [5.41, 5.74) is 5.93. The number of rotatable bonds is 6. The maximum atomic E-state index is 10.3. The zero-order chi connectivity index (χ0) is 11.3. The number of unbranched alkanes of at least 4 members (excludes halogenated alkanes) is 1. The largest absolute Gasteiger partial charge is 0.481 e. The molecule has 0 radical (unpaired) electrons. The van der Waals surface area contributed by atoms with Gasteiger partial charge in [0.2, 0.25) is 0 Å². The van der Waals surface area contributed by atoms with Gasteiger partial charge in [0.1, 0.15) is 0 Å². The summed E-state index contributed by atoms with van der Waals surface area (Å²) >= 11 is 7.28. The molecule has 0 aliphatic rings. The molecule has 1 atom stereocenters. The minimum Gasteiger partial charge on any atom is -0.481 e. The van der Waals surface area contributed by atoms with Gasteiger partial charge in [-0.1, -0.05) is 18.0 Å². The minimum absolute atomic E-state index is 0.0173. The Morgan fingerprint density at radius 1 is 1.53 bits per heavy atom. The average Bonchev–Trinajstić information content (AvgIpc) is 2.59. The van der Waals surface area contributed by atoms with Crippen LogP contribution < -0.4 is 5.73 Å². The van der Waals surface area contributed by atoms with Gasteiger partial charge in [-0.25, -0.2) is 0 Å². The molecule has 0 aliphatic carbocycles. The van der Waals surface area contributed by atoms with E-state index in [0.717, 1.165) is 22.1 Å². The van der Waals surface area contributed by atoms with Crippen molar-refractivity contribution >= 4 is 28.9 Å². The van der Waals surface area contributed by atoms with Crippen LogP contribution in [0.5, 0.6) is 0 Å². The number of nitrogens with two attached hydrogens (primary N) is 1. The summed E-state index contributed by atoms with van der Waals surface area (Å²) < 4.78 is 0.742. The van der Waals surface area contributed by atoms with Gasteiger partial charge in [-0.15, -0.1) is 11.3 Å². The number of carboxylic acid groups (broad SMARTS) is 1. The Morgan fingerprint density at radius 3 is 2.80 bits per heavy atom. The number of halogens is 1. The molecule has 0 aromatic carbocycles. The van der Waals surface area contributed by atoms with Gasteiger partial charge in [0, 0.05) is 17.3 Å². The Balaban J connectivity index is 2.24. The second kappa shape index (κ2) is 6.10. The number of carboxylic acids is 1. The van der Waals surface area contributed by atoms with Gasteiger partial charge in [0.05, 0.1) is 4.34 Å². The number of thiophene rings is 1. The van der Waals surface area contributed by atoms with Crippen LogP contribution in [0.3, 0.4) is 0 Å². The molecular formula is C10H14ClNO2S. The summed E-state index contributed by atoms with van der Waals surface area (Å²) in [4.78, 5) is 11.3. The highest BCUT2D eigenvalue weighted by Gasteiger charge is 2.08. The molecule has 1 aromatic heterocycles. The number of hydrogen-bond acceptors (Lipinski definition) is 3. The van der Waals surface area contributed by atoms with Crippen molar-refractivity contribution in [2.24, 2.45) is 5.73 Å². The van der Waals surface area contributed by atoms with E-state index in [1.165, 1.54) is 11.3 Å². The van der Waals surface area contributed by atoms with Gasteiger partial charge in [0.25, 0.3) is 0 Å². The fourth-order valence-corrected chi connectivity index (χ4v) is 2.41. The first-order valence-electron chi connectivity index (χ1n) is 4.82. The van der Waals surface area contributed by atoms with Crippen LogP contribution in [-0.4, -0.2) is 11.1 Å². The summed E-state index contributed by atoms with van der Waals surface area (Å²) in [5, 5.41) is 8.45. The van der Waals surface area contributed by atoms with Gasteiger partial charge >= 0.3 is 5.97 Å². The van der Waals surface area contributed by atoms with Crippen molar-refractivity contribution in [3.05, 3.63) is 21.3 Å². The van der Waals surface area contributed by atoms with E-state index in [0.29, 0.717) is 6.42 Å². The minimum atomic E-state index is -0.747. The quantitative estimate of drug-likeness (QED) is 0.760. The van der Waals surface area contributed by atoms with E-state index >= 15 is 0 Å². The summed E-state index contributed by atoms with van der Waals surface area (Å²) in [5.74, 6) is -0.747. The van der Waals surface area contributed by atoms with Crippen molar-refractivity contribution in [3.63, 3.8) is 0 Å². The van der Waals surface area contributed by atoms with Crippen molar-refractivity contribution in [3.8, 4) is 0 Å². The lowest BCUT2D eigenvalue weighted by atomic mass is 10.1. The van der Waals surface area contributed by atoms with E-state index in [4.69, 9.17) is 22.4 Å². The van der Waals surface area contributed by atoms with Crippen molar-refractivity contribution in [2.45, 2.75) is 31.7 Å². The molecule has 1 heterocycles. The highest BCUT2D eigenvalue weighted by molar-refractivity contribution is 7.16. The molecule has 1 aromatic rings. The van der Waals surface area contributed by atoms with Crippen LogP contribution in [0.4, 0.5) is 0 Å². The highest BCUT2D eigenvalue weighted by atomic mass is 35.5. The van der Waals surface area contributed by atoms with Gasteiger partial charge in [-0.2, -0.15) is 0 Å². The standard InChI is InChI=1S/C10H14ClNO2S/c11-9-6-5-8(15-9)7(12)3-1-2-4-10(13)14/h5-7H,1-4,12H2,(H,13,14). The van der Waals surface area contributed by atoms with Gasteiger partial charge in [-0.3, -0.25) is 4.79 Å². The Kier molecular flexibility index (Phi) is 5.08. The third-order valence-electron chi connectivity index (χ3n) is 2.12. The zero-order valence-corrected chi connectivity index (χ0v) is 9.85. The normalized spacial score (nSPS) is 12.7. The van der Waals surface area contributed by atoms with E-state index in [2.05, 4.69) is 0 Å². The van der Waals surface area contributed by atoms with Gasteiger partial charge in [-0.05, 0) is 25.0 Å². The molecule has 0 saturated carbocycles. The molecule has 0 aliphatic heterocycles. The molecular weight excluding hydrogens is 234 g/mol. The lowest BCUT2D eigenvalue weighted by Crippen LogP contribution is -2.08. The molecule has 84 valence electrons. The Labute approximate surface area is 97.9 Å². The fourth-order valence-electron chi connectivity index (χ4n) is 1.31. The summed E-state index contributed by atoms with van der Waals surface area (Å²) in [7, 11) is 0. The molecule has 0 amide bonds. The van der Waals surface area contributed by atoms with E-state index in [1.54, 1.807) is 0 Å². The molecule has 0 bridgehead atoms. The number of hydrogen-bond donors (Lipinski definition) is 2. The monoisotopic (exact) mass is 247 g/mol. The molecule has 5 heteroatoms. The predicted octanol–water partition coefficient (Wildman–Crippen LogP) is 3.05. The zero-order valence-electron chi connectivity index (χ0n) is 8.28. The van der Waals surface area contributed by atoms with Gasteiger partial charge in [0.15, 0.2) is 0 Å². The second-order valence-electron chi connectivity index (χ2n) is 3.39. The third kappa shape index (κ3) is 4.64. The molecule has 1 unspecified atom stereocenters. The second-order valence-corrected chi connectivity index (χ2v) is 5.13. The molecule has 15 heavy (non-hydrogen) atoms. The maximum absolute atomic E-state index is 10.3. The predicted molar refractivity (Wildman–Crippen MR) is 62.4 cm³/mol. The molecule has 3 nitrogen and oxygen atoms in total. The lowest BCUT2D eigenvalue weighted by Gasteiger charge is -2.08. The van der Waals surface area contributed by atoms with E-state index in [1.807, 2.05) is 12.1 Å². The average molecular weight is 248 g/mol. The van der Waals surface area contributed by atoms with E-state index in [9.17, 15) is 4.79 Å². The Hall–Kier alpha value is -0.580. The smallest absolute Gasteiger partial charge is 0.303 e. The number of carbonyl (C=O) groups is 1. The van der Waals surface area contributed by atoms with E-state index in [-0.39, 0.29) is 12.5 Å². The van der Waals surface area contributed by atoms with Crippen LogP contribution in [0.25, 0.3) is 0 Å². The molecule has 0 fully saturated rings. The first kappa shape index (κ1) is 12.5. The summed E-state index contributed by atoms with van der Waals surface area (Å²) in [6.07, 6.45) is 2.55. The SMILES string of the molecule is NC(CCCCC(=O)O)c1ccc(Cl)s1. The van der Waals surface area contributed by atoms with Crippen molar-refractivity contribution < 1.29 is 9.90 Å². The maximum Gasteiger partial charge on any atom is 0.303 e. The van der Waals surface area contributed by atoms with Crippen LogP contribution in [0.2, 0.25) is 4.34 Å². The van der Waals surface area contributed by atoms with Crippen molar-refractivity contribution in [2.75, 3.05) is 0 Å². The van der Waals surface area contributed by atoms with Crippen LogP contribution >= 0.6 is 22.9 Å². The van der Waals surface area contributed by atoms with Crippen molar-refractivity contribution in [1.82, 2.24) is 0 Å². The van der Waals surface area contributed by atoms with Gasteiger partial charge < -0.3 is 10.8 Å². The fraction of sp³-hybridized carbons (Fsp3) is 0.500. The van der Waals surface area contributed by atoms with Crippen molar-refractivity contribution in [1.29, 1.82) is 0 Å². The summed E-state index contributed by atoms with van der Waals surface area (Å²) in [6.45, 7) is 0. The molecule has 1 rings (SSSR count). The van der Waals surface area contributed by atoms with Crippen LogP contribution in [0, 0.1) is 0 Å². The van der Waals surface area contributed by atoms with E-state index < -0.39 is 5.97 Å². The third-order valence-corrected chi connectivity index (χ3v) is 3.48. The summed E-state index contributed by atoms with van der Waals surface area (Å²) in [6, 6.07) is 3.74. The van der Waals surface area contributed by atoms with Crippen LogP contribution in [-0.2, 0) is 4.79 Å². The van der Waals surface area contributed by atoms with Crippen LogP contribution in [0.1, 0.15) is 36.6 Å².